The molecule has 43 heavy (non-hydrogen) atoms. The number of nitriles is 1. The van der Waals surface area contributed by atoms with Crippen molar-refractivity contribution in [3.63, 3.8) is 0 Å². The summed E-state index contributed by atoms with van der Waals surface area (Å²) in [5.74, 6) is -2.07. The van der Waals surface area contributed by atoms with E-state index < -0.39 is 11.9 Å². The van der Waals surface area contributed by atoms with Crippen LogP contribution in [0.4, 0.5) is 21.4 Å². The highest BCUT2D eigenvalue weighted by Crippen LogP contribution is 2.41. The Labute approximate surface area is 253 Å². The summed E-state index contributed by atoms with van der Waals surface area (Å²) in [4.78, 5) is 26.5. The molecule has 0 unspecified atom stereocenters. The molecular weight excluding hydrogens is 582 g/mol. The zero-order valence-corrected chi connectivity index (χ0v) is 24.9. The van der Waals surface area contributed by atoms with Crippen LogP contribution in [-0.4, -0.2) is 101 Å². The normalized spacial score (nSPS) is 11.0. The predicted octanol–water partition coefficient (Wildman–Crippen LogP) is 4.26. The van der Waals surface area contributed by atoms with Crippen LogP contribution >= 0.6 is 11.3 Å². The lowest BCUT2D eigenvalue weighted by Gasteiger charge is -2.25. The molecule has 0 aliphatic heterocycles. The largest absolute Gasteiger partial charge is 0.480 e. The van der Waals surface area contributed by atoms with E-state index in [-0.39, 0.29) is 39.6 Å². The van der Waals surface area contributed by atoms with Gasteiger partial charge in [-0.25, -0.2) is 14.4 Å². The Morgan fingerprint density at radius 2 is 1.44 bits per heavy atom. The van der Waals surface area contributed by atoms with Crippen LogP contribution in [0.15, 0.2) is 28.4 Å². The Morgan fingerprint density at radius 3 is 1.93 bits per heavy atom. The van der Waals surface area contributed by atoms with Gasteiger partial charge in [-0.1, -0.05) is 0 Å². The zero-order valence-electron chi connectivity index (χ0n) is 24.1. The summed E-state index contributed by atoms with van der Waals surface area (Å²) in [5.41, 5.74) is 3.33. The summed E-state index contributed by atoms with van der Waals surface area (Å²) < 4.78 is 26.6. The number of ether oxygens (including phenoxy) is 5. The van der Waals surface area contributed by atoms with Crippen molar-refractivity contribution in [1.29, 1.82) is 5.26 Å². The van der Waals surface area contributed by atoms with Crippen molar-refractivity contribution < 1.29 is 43.5 Å². The second-order valence-electron chi connectivity index (χ2n) is 8.82. The standard InChI is InChI=1S/C28H35N5O9S/c1-20-16-22(4-5-24(20)31-32-28-23(17-29)21(2)27(30-3)43-28)33(7-9-39-12-14-41-18-25(34)35)6-8-38-10-11-40-13-15-42-19-26(36)37/h4-5,16H,6-15,18-19H2,1-2H3,(H,34,35)(H,36,37). The lowest BCUT2D eigenvalue weighted by Crippen LogP contribution is -2.31. The van der Waals surface area contributed by atoms with Gasteiger partial charge in [-0.2, -0.15) is 5.26 Å². The molecule has 0 saturated heterocycles. The quantitative estimate of drug-likeness (QED) is 0.110. The fraction of sp³-hybridized carbons (Fsp3) is 0.500. The molecule has 1 aromatic carbocycles. The van der Waals surface area contributed by atoms with Gasteiger partial charge in [-0.05, 0) is 43.2 Å². The van der Waals surface area contributed by atoms with Gasteiger partial charge in [0.05, 0.1) is 70.7 Å². The molecule has 1 heterocycles. The first kappa shape index (κ1) is 35.2. The van der Waals surface area contributed by atoms with Crippen LogP contribution < -0.4 is 4.90 Å². The minimum absolute atomic E-state index is 0.171. The van der Waals surface area contributed by atoms with Crippen LogP contribution in [0.2, 0.25) is 0 Å². The van der Waals surface area contributed by atoms with Gasteiger partial charge in [0.2, 0.25) is 5.00 Å². The molecule has 2 aromatic rings. The van der Waals surface area contributed by atoms with E-state index in [0.717, 1.165) is 22.6 Å². The van der Waals surface area contributed by atoms with Crippen molar-refractivity contribution in [2.45, 2.75) is 13.8 Å². The Balaban J connectivity index is 1.95. The number of azo groups is 1. The number of aryl methyl sites for hydroxylation is 1. The molecule has 0 fully saturated rings. The number of carboxylic acid groups (broad SMARTS) is 2. The number of carbonyl (C=O) groups is 2. The Kier molecular flexibility index (Phi) is 16.4. The molecule has 232 valence electrons. The highest BCUT2D eigenvalue weighted by Gasteiger charge is 2.15. The van der Waals surface area contributed by atoms with Crippen LogP contribution in [0.25, 0.3) is 4.85 Å². The average molecular weight is 618 g/mol. The van der Waals surface area contributed by atoms with Crippen molar-refractivity contribution >= 4 is 44.7 Å². The molecule has 0 radical (unpaired) electrons. The van der Waals surface area contributed by atoms with Crippen LogP contribution in [0, 0.1) is 31.8 Å². The number of thiophene rings is 1. The lowest BCUT2D eigenvalue weighted by atomic mass is 10.1. The smallest absolute Gasteiger partial charge is 0.329 e. The third-order valence-corrected chi connectivity index (χ3v) is 6.76. The number of hydrogen-bond acceptors (Lipinski definition) is 12. The van der Waals surface area contributed by atoms with Gasteiger partial charge in [0.1, 0.15) is 24.3 Å². The number of anilines is 1. The first-order valence-corrected chi connectivity index (χ1v) is 14.1. The van der Waals surface area contributed by atoms with Gasteiger partial charge < -0.3 is 38.8 Å². The van der Waals surface area contributed by atoms with E-state index in [4.69, 9.17) is 40.5 Å². The monoisotopic (exact) mass is 617 g/mol. The number of carboxylic acids is 2. The van der Waals surface area contributed by atoms with E-state index in [2.05, 4.69) is 26.0 Å². The number of nitrogens with zero attached hydrogens (tertiary/aromatic N) is 5. The maximum Gasteiger partial charge on any atom is 0.329 e. The van der Waals surface area contributed by atoms with Gasteiger partial charge in [-0.3, -0.25) is 0 Å². The lowest BCUT2D eigenvalue weighted by molar-refractivity contribution is -0.143. The van der Waals surface area contributed by atoms with Crippen LogP contribution in [0.1, 0.15) is 16.7 Å². The molecule has 14 nitrogen and oxygen atoms in total. The van der Waals surface area contributed by atoms with Crippen LogP contribution in [0.3, 0.4) is 0 Å². The average Bonchev–Trinajstić information content (AvgIpc) is 3.29. The van der Waals surface area contributed by atoms with E-state index in [9.17, 15) is 14.9 Å². The molecule has 0 atom stereocenters. The Bertz CT molecular complexity index is 1300. The summed E-state index contributed by atoms with van der Waals surface area (Å²) in [6.07, 6.45) is 0. The molecule has 0 amide bonds. The van der Waals surface area contributed by atoms with Crippen molar-refractivity contribution in [2.75, 3.05) is 84.1 Å². The zero-order chi connectivity index (χ0) is 31.5. The minimum atomic E-state index is -1.04. The Morgan fingerprint density at radius 1 is 0.907 bits per heavy atom. The number of rotatable bonds is 22. The SMILES string of the molecule is [C-]#[N+]c1sc(N=Nc2ccc(N(CCOCCOCCOCC(=O)O)CCOCCOCC(=O)O)cc2C)c(C#N)c1C. The molecular formula is C28H35N5O9S. The number of aliphatic carboxylic acids is 2. The Hall–Kier alpha value is -3.96. The molecule has 1 aromatic heterocycles. The molecule has 0 aliphatic rings. The summed E-state index contributed by atoms with van der Waals surface area (Å²) in [7, 11) is 0. The van der Waals surface area contributed by atoms with E-state index >= 15 is 0 Å². The molecule has 0 bridgehead atoms. The topological polar surface area (TPSA) is 177 Å². The summed E-state index contributed by atoms with van der Waals surface area (Å²) >= 11 is 1.13. The molecule has 0 aliphatic carbocycles. The van der Waals surface area contributed by atoms with Crippen molar-refractivity contribution in [2.24, 2.45) is 10.2 Å². The van der Waals surface area contributed by atoms with Crippen LogP contribution in [-0.2, 0) is 33.3 Å². The van der Waals surface area contributed by atoms with Gasteiger partial charge in [0, 0.05) is 18.8 Å². The second kappa shape index (κ2) is 20.0. The molecule has 0 spiro atoms. The molecule has 0 saturated carbocycles. The first-order valence-electron chi connectivity index (χ1n) is 13.3. The second-order valence-corrected chi connectivity index (χ2v) is 9.80. The van der Waals surface area contributed by atoms with E-state index in [1.165, 1.54) is 0 Å². The summed E-state index contributed by atoms with van der Waals surface area (Å²) in [6.45, 7) is 13.6. The number of benzene rings is 1. The van der Waals surface area contributed by atoms with Crippen molar-refractivity contribution in [1.82, 2.24) is 0 Å². The first-order chi connectivity index (χ1) is 20.8. The van der Waals surface area contributed by atoms with Gasteiger partial charge >= 0.3 is 11.9 Å². The molecule has 15 heteroatoms. The fourth-order valence-corrected chi connectivity index (χ4v) is 4.41. The maximum atomic E-state index is 10.5. The summed E-state index contributed by atoms with van der Waals surface area (Å²) in [5, 5.41) is 36.0. The summed E-state index contributed by atoms with van der Waals surface area (Å²) in [6, 6.07) is 7.78. The van der Waals surface area contributed by atoms with Gasteiger partial charge in [0.15, 0.2) is 0 Å². The fourth-order valence-electron chi connectivity index (χ4n) is 3.54. The highest BCUT2D eigenvalue weighted by molar-refractivity contribution is 7.20. The minimum Gasteiger partial charge on any atom is -0.480 e. The third-order valence-electron chi connectivity index (χ3n) is 5.69. The van der Waals surface area contributed by atoms with E-state index in [0.29, 0.717) is 66.3 Å². The predicted molar refractivity (Wildman–Crippen MR) is 157 cm³/mol. The molecule has 2 rings (SSSR count). The van der Waals surface area contributed by atoms with Gasteiger partial charge in [0.25, 0.3) is 0 Å². The maximum absolute atomic E-state index is 10.5. The third kappa shape index (κ3) is 13.3. The number of hydrogen-bond donors (Lipinski definition) is 2. The molecule has 2 N–H and O–H groups in total. The van der Waals surface area contributed by atoms with Crippen molar-refractivity contribution in [3.05, 3.63) is 46.3 Å². The van der Waals surface area contributed by atoms with E-state index in [1.807, 2.05) is 25.1 Å². The van der Waals surface area contributed by atoms with E-state index in [1.54, 1.807) is 6.92 Å². The van der Waals surface area contributed by atoms with Crippen molar-refractivity contribution in [3.8, 4) is 6.07 Å². The van der Waals surface area contributed by atoms with Crippen LogP contribution in [0.5, 0.6) is 0 Å². The highest BCUT2D eigenvalue weighted by atomic mass is 32.1. The van der Waals surface area contributed by atoms with Gasteiger partial charge in [-0.15, -0.1) is 21.6 Å².